The molecule has 0 heterocycles. The number of carbonyl (C=O) groups excluding carboxylic acids is 1. The Balaban J connectivity index is 2.92. The average molecular weight is 335 g/mol. The van der Waals surface area contributed by atoms with E-state index in [-0.39, 0.29) is 5.12 Å². The van der Waals surface area contributed by atoms with Crippen molar-refractivity contribution in [3.8, 4) is 0 Å². The molecule has 1 N–H and O–H groups in total. The SMILES string of the molecule is CCCCC(=O)Sc1cc(C(=O)O)c(F)cc1Br. The van der Waals surface area contributed by atoms with Gasteiger partial charge in [0.05, 0.1) is 5.56 Å². The standard InChI is InChI=1S/C12H12BrFO3S/c1-2-3-4-11(15)18-10-5-7(12(16)17)9(14)6-8(10)13/h5-6H,2-4H2,1H3,(H,16,17). The maximum atomic E-state index is 13.3. The molecule has 0 saturated heterocycles. The average Bonchev–Trinajstić information content (AvgIpc) is 2.29. The predicted molar refractivity (Wildman–Crippen MR) is 71.4 cm³/mol. The zero-order valence-electron chi connectivity index (χ0n) is 9.70. The first kappa shape index (κ1) is 15.2. The number of carboxylic acids is 1. The van der Waals surface area contributed by atoms with Gasteiger partial charge >= 0.3 is 5.97 Å². The summed E-state index contributed by atoms with van der Waals surface area (Å²) >= 11 is 4.06. The summed E-state index contributed by atoms with van der Waals surface area (Å²) in [5.41, 5.74) is -0.427. The number of hydrogen-bond acceptors (Lipinski definition) is 3. The summed E-state index contributed by atoms with van der Waals surface area (Å²) in [6, 6.07) is 2.25. The molecule has 0 unspecified atom stereocenters. The van der Waals surface area contributed by atoms with Gasteiger partial charge in [-0.25, -0.2) is 9.18 Å². The Bertz CT molecular complexity index is 477. The molecule has 0 spiro atoms. The lowest BCUT2D eigenvalue weighted by atomic mass is 10.2. The lowest BCUT2D eigenvalue weighted by Crippen LogP contribution is -2.02. The van der Waals surface area contributed by atoms with Crippen molar-refractivity contribution in [3.05, 3.63) is 28.0 Å². The second-order valence-corrected chi connectivity index (χ2v) is 5.60. The summed E-state index contributed by atoms with van der Waals surface area (Å²) < 4.78 is 13.7. The first-order valence-corrected chi connectivity index (χ1v) is 6.99. The maximum absolute atomic E-state index is 13.3. The lowest BCUT2D eigenvalue weighted by Gasteiger charge is -2.06. The number of aromatic carboxylic acids is 1. The molecule has 0 fully saturated rings. The van der Waals surface area contributed by atoms with E-state index in [9.17, 15) is 14.0 Å². The van der Waals surface area contributed by atoms with Crippen LogP contribution in [0, 0.1) is 5.82 Å². The van der Waals surface area contributed by atoms with E-state index in [1.54, 1.807) is 0 Å². The number of hydrogen-bond donors (Lipinski definition) is 1. The van der Waals surface area contributed by atoms with Crippen molar-refractivity contribution >= 4 is 38.8 Å². The van der Waals surface area contributed by atoms with Gasteiger partial charge in [-0.1, -0.05) is 25.1 Å². The Morgan fingerprint density at radius 1 is 1.44 bits per heavy atom. The molecular formula is C12H12BrFO3S. The van der Waals surface area contributed by atoms with Crippen LogP contribution in [0.4, 0.5) is 4.39 Å². The van der Waals surface area contributed by atoms with E-state index in [0.717, 1.165) is 30.7 Å². The molecule has 0 aliphatic heterocycles. The van der Waals surface area contributed by atoms with Crippen LogP contribution in [0.2, 0.25) is 0 Å². The van der Waals surface area contributed by atoms with Gasteiger partial charge in [0, 0.05) is 15.8 Å². The summed E-state index contributed by atoms with van der Waals surface area (Å²) in [7, 11) is 0. The van der Waals surface area contributed by atoms with E-state index in [2.05, 4.69) is 15.9 Å². The topological polar surface area (TPSA) is 54.4 Å². The van der Waals surface area contributed by atoms with Gasteiger partial charge in [-0.2, -0.15) is 0 Å². The molecule has 6 heteroatoms. The summed E-state index contributed by atoms with van der Waals surface area (Å²) in [5.74, 6) is -2.16. The molecule has 3 nitrogen and oxygen atoms in total. The van der Waals surface area contributed by atoms with E-state index in [4.69, 9.17) is 5.11 Å². The molecule has 98 valence electrons. The van der Waals surface area contributed by atoms with E-state index in [1.165, 1.54) is 6.07 Å². The fourth-order valence-electron chi connectivity index (χ4n) is 1.27. The Hall–Kier alpha value is -0.880. The second kappa shape index (κ2) is 6.89. The normalized spacial score (nSPS) is 10.4. The lowest BCUT2D eigenvalue weighted by molar-refractivity contribution is -0.111. The minimum absolute atomic E-state index is 0.0551. The van der Waals surface area contributed by atoms with Crippen molar-refractivity contribution in [2.45, 2.75) is 31.1 Å². The minimum atomic E-state index is -1.34. The molecule has 0 bridgehead atoms. The highest BCUT2D eigenvalue weighted by Crippen LogP contribution is 2.31. The molecule has 1 aromatic rings. The first-order valence-electron chi connectivity index (χ1n) is 5.38. The van der Waals surface area contributed by atoms with Gasteiger partial charge in [0.1, 0.15) is 5.82 Å². The maximum Gasteiger partial charge on any atom is 0.338 e. The molecule has 0 aliphatic carbocycles. The monoisotopic (exact) mass is 334 g/mol. The number of carbonyl (C=O) groups is 2. The summed E-state index contributed by atoms with van der Waals surface area (Å²) in [4.78, 5) is 22.8. The van der Waals surface area contributed by atoms with Gasteiger partial charge in [0.2, 0.25) is 0 Å². The molecule has 0 amide bonds. The van der Waals surface area contributed by atoms with Crippen LogP contribution in [0.5, 0.6) is 0 Å². The Morgan fingerprint density at radius 3 is 2.67 bits per heavy atom. The third kappa shape index (κ3) is 4.10. The Morgan fingerprint density at radius 2 is 2.11 bits per heavy atom. The van der Waals surface area contributed by atoms with Crippen LogP contribution in [0.15, 0.2) is 21.5 Å². The Labute approximate surface area is 117 Å². The van der Waals surface area contributed by atoms with E-state index >= 15 is 0 Å². The number of benzene rings is 1. The molecule has 0 saturated carbocycles. The number of carboxylic acid groups (broad SMARTS) is 1. The fraction of sp³-hybridized carbons (Fsp3) is 0.333. The summed E-state index contributed by atoms with van der Waals surface area (Å²) in [6.07, 6.45) is 2.13. The van der Waals surface area contributed by atoms with Gasteiger partial charge < -0.3 is 5.11 Å². The molecule has 0 aliphatic rings. The van der Waals surface area contributed by atoms with Crippen molar-refractivity contribution in [3.63, 3.8) is 0 Å². The highest BCUT2D eigenvalue weighted by molar-refractivity contribution is 9.10. The summed E-state index contributed by atoms with van der Waals surface area (Å²) in [5, 5.41) is 8.75. The smallest absolute Gasteiger partial charge is 0.338 e. The quantitative estimate of drug-likeness (QED) is 0.824. The highest BCUT2D eigenvalue weighted by Gasteiger charge is 2.16. The van der Waals surface area contributed by atoms with Gasteiger partial charge in [0.15, 0.2) is 5.12 Å². The van der Waals surface area contributed by atoms with E-state index in [0.29, 0.717) is 15.8 Å². The molecule has 18 heavy (non-hydrogen) atoms. The molecular weight excluding hydrogens is 323 g/mol. The molecule has 1 aromatic carbocycles. The molecule has 1 rings (SSSR count). The van der Waals surface area contributed by atoms with E-state index < -0.39 is 17.3 Å². The molecule has 0 radical (unpaired) electrons. The largest absolute Gasteiger partial charge is 0.478 e. The summed E-state index contributed by atoms with van der Waals surface area (Å²) in [6.45, 7) is 1.98. The first-order chi connectivity index (χ1) is 8.45. The van der Waals surface area contributed by atoms with Crippen molar-refractivity contribution in [2.24, 2.45) is 0 Å². The number of unbranched alkanes of at least 4 members (excludes halogenated alkanes) is 1. The van der Waals surface area contributed by atoms with Crippen LogP contribution in [0.3, 0.4) is 0 Å². The van der Waals surface area contributed by atoms with Crippen LogP contribution in [-0.4, -0.2) is 16.2 Å². The fourth-order valence-corrected chi connectivity index (χ4v) is 2.65. The van der Waals surface area contributed by atoms with Gasteiger partial charge in [-0.3, -0.25) is 4.79 Å². The van der Waals surface area contributed by atoms with Crippen molar-refractivity contribution < 1.29 is 19.1 Å². The van der Waals surface area contributed by atoms with Crippen LogP contribution >= 0.6 is 27.7 Å². The molecule has 0 atom stereocenters. The highest BCUT2D eigenvalue weighted by atomic mass is 79.9. The van der Waals surface area contributed by atoms with Crippen molar-refractivity contribution in [2.75, 3.05) is 0 Å². The zero-order valence-corrected chi connectivity index (χ0v) is 12.1. The third-order valence-corrected chi connectivity index (χ3v) is 4.12. The van der Waals surface area contributed by atoms with Crippen LogP contribution < -0.4 is 0 Å². The van der Waals surface area contributed by atoms with Crippen LogP contribution in [0.25, 0.3) is 0 Å². The van der Waals surface area contributed by atoms with Crippen LogP contribution in [-0.2, 0) is 4.79 Å². The molecule has 0 aromatic heterocycles. The number of rotatable bonds is 5. The third-order valence-electron chi connectivity index (χ3n) is 2.21. The number of thioether (sulfide) groups is 1. The van der Waals surface area contributed by atoms with Crippen molar-refractivity contribution in [1.29, 1.82) is 0 Å². The van der Waals surface area contributed by atoms with Crippen LogP contribution in [0.1, 0.15) is 36.5 Å². The number of halogens is 2. The van der Waals surface area contributed by atoms with Gasteiger partial charge in [-0.15, -0.1) is 0 Å². The zero-order chi connectivity index (χ0) is 13.7. The second-order valence-electron chi connectivity index (χ2n) is 3.65. The van der Waals surface area contributed by atoms with Gasteiger partial charge in [0.25, 0.3) is 0 Å². The van der Waals surface area contributed by atoms with E-state index in [1.807, 2.05) is 6.92 Å². The minimum Gasteiger partial charge on any atom is -0.478 e. The Kier molecular flexibility index (Phi) is 5.81. The predicted octanol–water partition coefficient (Wildman–Crippen LogP) is 4.10. The van der Waals surface area contributed by atoms with Gasteiger partial charge in [-0.05, 0) is 34.5 Å². The van der Waals surface area contributed by atoms with Crippen molar-refractivity contribution in [1.82, 2.24) is 0 Å².